The average molecular weight is 342 g/mol. The summed E-state index contributed by atoms with van der Waals surface area (Å²) < 4.78 is 1.38. The molecule has 25 heavy (non-hydrogen) atoms. The van der Waals surface area contributed by atoms with Crippen LogP contribution >= 0.6 is 0 Å². The van der Waals surface area contributed by atoms with Gasteiger partial charge in [0.1, 0.15) is 0 Å². The van der Waals surface area contributed by atoms with Crippen molar-refractivity contribution in [3.05, 3.63) is 46.3 Å². The monoisotopic (exact) mass is 342 g/mol. The number of likely N-dealkylation sites (tertiary alicyclic amines) is 1. The van der Waals surface area contributed by atoms with Crippen LogP contribution in [0.2, 0.25) is 0 Å². The van der Waals surface area contributed by atoms with Crippen LogP contribution in [0.4, 0.5) is 5.69 Å². The predicted molar refractivity (Wildman–Crippen MR) is 88.1 cm³/mol. The lowest BCUT2D eigenvalue weighted by atomic mass is 9.98. The smallest absolute Gasteiger partial charge is 0.276 e. The quantitative estimate of drug-likeness (QED) is 0.656. The van der Waals surface area contributed by atoms with Crippen molar-refractivity contribution in [2.75, 3.05) is 13.1 Å². The molecule has 3 unspecified atom stereocenters. The highest BCUT2D eigenvalue weighted by atomic mass is 16.6. The summed E-state index contributed by atoms with van der Waals surface area (Å²) in [5, 5.41) is 18.8. The molecule has 9 heteroatoms. The first-order chi connectivity index (χ1) is 12.0. The molecule has 1 aliphatic heterocycles. The second kappa shape index (κ2) is 5.92. The second-order valence-electron chi connectivity index (χ2n) is 6.70. The van der Waals surface area contributed by atoms with Gasteiger partial charge in [0.05, 0.1) is 16.8 Å². The number of amides is 1. The molecule has 4 rings (SSSR count). The predicted octanol–water partition coefficient (Wildman–Crippen LogP) is 0.985. The van der Waals surface area contributed by atoms with E-state index in [-0.39, 0.29) is 23.3 Å². The van der Waals surface area contributed by atoms with E-state index in [2.05, 4.69) is 10.3 Å². The highest BCUT2D eigenvalue weighted by Gasteiger charge is 2.43. The van der Waals surface area contributed by atoms with Crippen LogP contribution in [0.1, 0.15) is 23.3 Å². The van der Waals surface area contributed by atoms with Gasteiger partial charge in [0.25, 0.3) is 11.6 Å². The number of nitro groups is 1. The topological polar surface area (TPSA) is 120 Å². The third kappa shape index (κ3) is 2.76. The van der Waals surface area contributed by atoms with Crippen LogP contribution in [-0.2, 0) is 0 Å². The molecule has 0 spiro atoms. The normalized spacial score (nSPS) is 25.2. The Morgan fingerprint density at radius 2 is 2.16 bits per heavy atom. The summed E-state index contributed by atoms with van der Waals surface area (Å²) in [4.78, 5) is 24.9. The van der Waals surface area contributed by atoms with Crippen molar-refractivity contribution in [3.63, 3.8) is 0 Å². The Morgan fingerprint density at radius 3 is 2.92 bits per heavy atom. The summed E-state index contributed by atoms with van der Waals surface area (Å²) in [6, 6.07) is 6.21. The largest absolute Gasteiger partial charge is 0.337 e. The van der Waals surface area contributed by atoms with E-state index in [4.69, 9.17) is 5.73 Å². The summed E-state index contributed by atoms with van der Waals surface area (Å²) in [5.41, 5.74) is 6.80. The van der Waals surface area contributed by atoms with Crippen molar-refractivity contribution in [3.8, 4) is 5.69 Å². The first-order valence-electron chi connectivity index (χ1n) is 8.25. The van der Waals surface area contributed by atoms with Crippen LogP contribution in [0.5, 0.6) is 0 Å². The minimum Gasteiger partial charge on any atom is -0.337 e. The minimum atomic E-state index is -0.473. The lowest BCUT2D eigenvalue weighted by Crippen LogP contribution is -2.33. The molecule has 2 heterocycles. The zero-order valence-electron chi connectivity index (χ0n) is 13.5. The van der Waals surface area contributed by atoms with Crippen LogP contribution < -0.4 is 5.73 Å². The third-order valence-corrected chi connectivity index (χ3v) is 5.22. The molecule has 1 aromatic carbocycles. The SMILES string of the molecule is NC1CCC2CN(C(=O)c3cn(-c4cccc([N+](=O)[O-])c4)nn3)CC12. The van der Waals surface area contributed by atoms with E-state index in [0.29, 0.717) is 30.6 Å². The third-order valence-electron chi connectivity index (χ3n) is 5.22. The molecule has 1 amide bonds. The molecule has 1 aliphatic carbocycles. The average Bonchev–Trinajstić information content (AvgIpc) is 3.32. The van der Waals surface area contributed by atoms with Crippen molar-refractivity contribution in [2.45, 2.75) is 18.9 Å². The number of fused-ring (bicyclic) bond motifs is 1. The first-order valence-corrected chi connectivity index (χ1v) is 8.25. The molecule has 0 bridgehead atoms. The Bertz CT molecular complexity index is 835. The van der Waals surface area contributed by atoms with Crippen LogP contribution in [0, 0.1) is 22.0 Å². The molecular formula is C16H18N6O3. The number of rotatable bonds is 3. The Morgan fingerprint density at radius 1 is 1.32 bits per heavy atom. The Hall–Kier alpha value is -2.81. The van der Waals surface area contributed by atoms with Gasteiger partial charge >= 0.3 is 0 Å². The molecule has 2 aliphatic rings. The Balaban J connectivity index is 1.52. The van der Waals surface area contributed by atoms with Crippen LogP contribution in [-0.4, -0.2) is 49.9 Å². The zero-order valence-corrected chi connectivity index (χ0v) is 13.5. The molecule has 0 radical (unpaired) electrons. The van der Waals surface area contributed by atoms with Crippen molar-refractivity contribution < 1.29 is 9.72 Å². The number of benzene rings is 1. The Kier molecular flexibility index (Phi) is 3.72. The molecule has 1 aromatic heterocycles. The number of nitrogens with two attached hydrogens (primary N) is 1. The van der Waals surface area contributed by atoms with Crippen molar-refractivity contribution >= 4 is 11.6 Å². The van der Waals surface area contributed by atoms with E-state index < -0.39 is 4.92 Å². The molecule has 1 saturated heterocycles. The highest BCUT2D eigenvalue weighted by Crippen LogP contribution is 2.37. The van der Waals surface area contributed by atoms with E-state index >= 15 is 0 Å². The van der Waals surface area contributed by atoms with Crippen LogP contribution in [0.15, 0.2) is 30.5 Å². The summed E-state index contributed by atoms with van der Waals surface area (Å²) >= 11 is 0. The fraction of sp³-hybridized carbons (Fsp3) is 0.438. The molecule has 9 nitrogen and oxygen atoms in total. The van der Waals surface area contributed by atoms with Gasteiger partial charge in [-0.2, -0.15) is 0 Å². The van der Waals surface area contributed by atoms with Gasteiger partial charge in [-0.05, 0) is 30.7 Å². The fourth-order valence-corrected chi connectivity index (χ4v) is 3.87. The van der Waals surface area contributed by atoms with E-state index in [1.165, 1.54) is 23.0 Å². The Labute approximate surface area is 143 Å². The molecule has 2 N–H and O–H groups in total. The maximum absolute atomic E-state index is 12.7. The van der Waals surface area contributed by atoms with Gasteiger partial charge in [-0.1, -0.05) is 11.3 Å². The number of hydrogen-bond acceptors (Lipinski definition) is 6. The lowest BCUT2D eigenvalue weighted by Gasteiger charge is -2.17. The first kappa shape index (κ1) is 15.7. The summed E-state index contributed by atoms with van der Waals surface area (Å²) in [6.45, 7) is 1.37. The number of aromatic nitrogens is 3. The van der Waals surface area contributed by atoms with E-state index in [1.54, 1.807) is 17.0 Å². The maximum Gasteiger partial charge on any atom is 0.276 e. The maximum atomic E-state index is 12.7. The lowest BCUT2D eigenvalue weighted by molar-refractivity contribution is -0.384. The van der Waals surface area contributed by atoms with Crippen molar-refractivity contribution in [2.24, 2.45) is 17.6 Å². The van der Waals surface area contributed by atoms with Crippen molar-refractivity contribution in [1.29, 1.82) is 0 Å². The number of non-ortho nitro benzene ring substituents is 1. The standard InChI is InChI=1S/C16H18N6O3/c17-14-5-4-10-7-20(8-13(10)14)16(23)15-9-21(19-18-15)11-2-1-3-12(6-11)22(24)25/h1-3,6,9-10,13-14H,4-5,7-8,17H2. The van der Waals surface area contributed by atoms with Crippen LogP contribution in [0.25, 0.3) is 5.69 Å². The molecular weight excluding hydrogens is 324 g/mol. The van der Waals surface area contributed by atoms with Crippen LogP contribution in [0.3, 0.4) is 0 Å². The van der Waals surface area contributed by atoms with Crippen molar-refractivity contribution in [1.82, 2.24) is 19.9 Å². The van der Waals surface area contributed by atoms with Gasteiger partial charge in [-0.3, -0.25) is 14.9 Å². The van der Waals surface area contributed by atoms with E-state index in [0.717, 1.165) is 12.8 Å². The van der Waals surface area contributed by atoms with E-state index in [1.807, 2.05) is 0 Å². The number of carbonyl (C=O) groups is 1. The van der Waals surface area contributed by atoms with Gasteiger partial charge in [0.2, 0.25) is 0 Å². The molecule has 2 aromatic rings. The zero-order chi connectivity index (χ0) is 17.6. The van der Waals surface area contributed by atoms with E-state index in [9.17, 15) is 14.9 Å². The van der Waals surface area contributed by atoms with Gasteiger partial charge in [0, 0.05) is 31.3 Å². The summed E-state index contributed by atoms with van der Waals surface area (Å²) in [5.74, 6) is 0.680. The number of hydrogen-bond donors (Lipinski definition) is 1. The van der Waals surface area contributed by atoms with Gasteiger partial charge in [-0.25, -0.2) is 4.68 Å². The molecule has 130 valence electrons. The fourth-order valence-electron chi connectivity index (χ4n) is 3.87. The highest BCUT2D eigenvalue weighted by molar-refractivity contribution is 5.92. The van der Waals surface area contributed by atoms with Gasteiger partial charge in [0.15, 0.2) is 5.69 Å². The number of carbonyl (C=O) groups excluding carboxylic acids is 1. The number of nitro benzene ring substituents is 1. The minimum absolute atomic E-state index is 0.0396. The summed E-state index contributed by atoms with van der Waals surface area (Å²) in [7, 11) is 0. The molecule has 2 fully saturated rings. The summed E-state index contributed by atoms with van der Waals surface area (Å²) in [6.07, 6.45) is 3.60. The number of nitrogens with zero attached hydrogens (tertiary/aromatic N) is 5. The van der Waals surface area contributed by atoms with Gasteiger partial charge < -0.3 is 10.6 Å². The van der Waals surface area contributed by atoms with Gasteiger partial charge in [-0.15, -0.1) is 5.10 Å². The molecule has 1 saturated carbocycles. The molecule has 3 atom stereocenters. The second-order valence-corrected chi connectivity index (χ2v) is 6.70.